The molecule has 126 valence electrons. The van der Waals surface area contributed by atoms with Crippen LogP contribution in [0.1, 0.15) is 16.4 Å². The van der Waals surface area contributed by atoms with Gasteiger partial charge in [-0.05, 0) is 12.5 Å². The quantitative estimate of drug-likeness (QED) is 0.594. The van der Waals surface area contributed by atoms with E-state index in [1.165, 1.54) is 11.3 Å². The number of fused-ring (bicyclic) bond motifs is 1. The Morgan fingerprint density at radius 1 is 1.28 bits per heavy atom. The molecule has 0 spiro atoms. The SMILES string of the molecule is Cc1sc2nc(Cc3c(Cl)cnn3C)[nH]c(=O)c2c1-c1ccccc1. The monoisotopic (exact) mass is 370 g/mol. The molecular weight excluding hydrogens is 356 g/mol. The van der Waals surface area contributed by atoms with Crippen LogP contribution in [0.15, 0.2) is 41.3 Å². The van der Waals surface area contributed by atoms with Crippen molar-refractivity contribution in [1.82, 2.24) is 19.7 Å². The lowest BCUT2D eigenvalue weighted by Gasteiger charge is -2.04. The smallest absolute Gasteiger partial charge is 0.260 e. The van der Waals surface area contributed by atoms with Crippen LogP contribution in [-0.4, -0.2) is 19.7 Å². The Morgan fingerprint density at radius 2 is 2.04 bits per heavy atom. The third-order valence-electron chi connectivity index (χ3n) is 4.20. The van der Waals surface area contributed by atoms with Gasteiger partial charge in [0.2, 0.25) is 0 Å². The largest absolute Gasteiger partial charge is 0.310 e. The number of hydrogen-bond donors (Lipinski definition) is 1. The second-order valence-corrected chi connectivity index (χ2v) is 7.44. The number of aromatic amines is 1. The third-order valence-corrected chi connectivity index (χ3v) is 5.51. The molecule has 0 amide bonds. The van der Waals surface area contributed by atoms with E-state index in [0.29, 0.717) is 22.7 Å². The molecule has 3 heterocycles. The summed E-state index contributed by atoms with van der Waals surface area (Å²) < 4.78 is 1.70. The molecule has 0 unspecified atom stereocenters. The standard InChI is InChI=1S/C18H15ClN4OS/c1-10-15(11-6-4-3-5-7-11)16-17(24)21-14(22-18(16)25-10)8-13-12(19)9-20-23(13)2/h3-7,9H,8H2,1-2H3,(H,21,22,24). The van der Waals surface area contributed by atoms with Gasteiger partial charge in [0, 0.05) is 23.9 Å². The predicted octanol–water partition coefficient (Wildman–Crippen LogP) is 3.94. The van der Waals surface area contributed by atoms with Gasteiger partial charge in [-0.1, -0.05) is 41.9 Å². The number of aryl methyl sites for hydroxylation is 2. The molecule has 1 N–H and O–H groups in total. The molecule has 0 bridgehead atoms. The molecule has 0 aliphatic rings. The Kier molecular flexibility index (Phi) is 3.94. The molecule has 3 aromatic heterocycles. The first kappa shape index (κ1) is 16.1. The van der Waals surface area contributed by atoms with E-state index in [0.717, 1.165) is 26.5 Å². The van der Waals surface area contributed by atoms with Crippen molar-refractivity contribution < 1.29 is 0 Å². The van der Waals surface area contributed by atoms with E-state index in [1.807, 2.05) is 44.3 Å². The van der Waals surface area contributed by atoms with Crippen molar-refractivity contribution in [3.05, 3.63) is 68.3 Å². The Hall–Kier alpha value is -2.44. The lowest BCUT2D eigenvalue weighted by Crippen LogP contribution is -2.13. The van der Waals surface area contributed by atoms with E-state index in [2.05, 4.69) is 15.1 Å². The van der Waals surface area contributed by atoms with Gasteiger partial charge in [0.05, 0.1) is 22.3 Å². The number of benzene rings is 1. The summed E-state index contributed by atoms with van der Waals surface area (Å²) in [6.07, 6.45) is 2.02. The second kappa shape index (κ2) is 6.13. The summed E-state index contributed by atoms with van der Waals surface area (Å²) in [6.45, 7) is 2.02. The number of nitrogens with one attached hydrogen (secondary N) is 1. The number of rotatable bonds is 3. The molecule has 0 fully saturated rings. The molecule has 0 aliphatic heterocycles. The van der Waals surface area contributed by atoms with Gasteiger partial charge < -0.3 is 4.98 Å². The Labute approximate surface area is 152 Å². The number of thiophene rings is 1. The fourth-order valence-corrected chi connectivity index (χ4v) is 4.29. The van der Waals surface area contributed by atoms with E-state index >= 15 is 0 Å². The fraction of sp³-hybridized carbons (Fsp3) is 0.167. The molecular formula is C18H15ClN4OS. The highest BCUT2D eigenvalue weighted by Gasteiger charge is 2.17. The predicted molar refractivity (Wildman–Crippen MR) is 101 cm³/mol. The molecule has 25 heavy (non-hydrogen) atoms. The second-order valence-electron chi connectivity index (χ2n) is 5.83. The minimum atomic E-state index is -0.124. The number of halogens is 1. The molecule has 0 saturated carbocycles. The van der Waals surface area contributed by atoms with Crippen molar-refractivity contribution in [2.75, 3.05) is 0 Å². The van der Waals surface area contributed by atoms with Crippen LogP contribution in [0.2, 0.25) is 5.02 Å². The van der Waals surface area contributed by atoms with Crippen molar-refractivity contribution in [2.24, 2.45) is 7.05 Å². The lowest BCUT2D eigenvalue weighted by atomic mass is 10.0. The molecule has 4 aromatic rings. The number of aromatic nitrogens is 4. The normalized spacial score (nSPS) is 11.3. The molecule has 5 nitrogen and oxygen atoms in total. The zero-order valence-corrected chi connectivity index (χ0v) is 15.3. The summed E-state index contributed by atoms with van der Waals surface area (Å²) in [7, 11) is 1.82. The van der Waals surface area contributed by atoms with Gasteiger partial charge in [-0.3, -0.25) is 9.48 Å². The van der Waals surface area contributed by atoms with Gasteiger partial charge in [-0.15, -0.1) is 11.3 Å². The zero-order valence-electron chi connectivity index (χ0n) is 13.7. The summed E-state index contributed by atoms with van der Waals surface area (Å²) in [5.41, 5.74) is 2.68. The van der Waals surface area contributed by atoms with E-state index in [1.54, 1.807) is 10.9 Å². The highest BCUT2D eigenvalue weighted by atomic mass is 35.5. The van der Waals surface area contributed by atoms with Gasteiger partial charge >= 0.3 is 0 Å². The first-order chi connectivity index (χ1) is 12.0. The maximum absolute atomic E-state index is 12.8. The molecule has 0 radical (unpaired) electrons. The minimum absolute atomic E-state index is 0.124. The lowest BCUT2D eigenvalue weighted by molar-refractivity contribution is 0.716. The highest BCUT2D eigenvalue weighted by Crippen LogP contribution is 2.35. The summed E-state index contributed by atoms with van der Waals surface area (Å²) in [6, 6.07) is 9.93. The van der Waals surface area contributed by atoms with Gasteiger partial charge in [0.15, 0.2) is 0 Å². The van der Waals surface area contributed by atoms with Gasteiger partial charge in [-0.25, -0.2) is 4.98 Å². The van der Waals surface area contributed by atoms with E-state index in [-0.39, 0.29) is 5.56 Å². The number of hydrogen-bond acceptors (Lipinski definition) is 4. The van der Waals surface area contributed by atoms with Gasteiger partial charge in [0.1, 0.15) is 10.7 Å². The number of H-pyrrole nitrogens is 1. The average Bonchev–Trinajstić information content (AvgIpc) is 3.09. The average molecular weight is 371 g/mol. The van der Waals surface area contributed by atoms with Crippen LogP contribution < -0.4 is 5.56 Å². The molecule has 1 aromatic carbocycles. The van der Waals surface area contributed by atoms with Crippen molar-refractivity contribution in [2.45, 2.75) is 13.3 Å². The van der Waals surface area contributed by atoms with Crippen molar-refractivity contribution in [3.63, 3.8) is 0 Å². The molecule has 4 rings (SSSR count). The molecule has 7 heteroatoms. The van der Waals surface area contributed by atoms with Crippen molar-refractivity contribution in [3.8, 4) is 11.1 Å². The summed E-state index contributed by atoms with van der Waals surface area (Å²) in [4.78, 5) is 22.2. The fourth-order valence-electron chi connectivity index (χ4n) is 2.99. The van der Waals surface area contributed by atoms with Crippen LogP contribution in [0.3, 0.4) is 0 Å². The van der Waals surface area contributed by atoms with E-state index < -0.39 is 0 Å². The summed E-state index contributed by atoms with van der Waals surface area (Å²) in [5.74, 6) is 0.587. The maximum Gasteiger partial charge on any atom is 0.260 e. The van der Waals surface area contributed by atoms with Crippen LogP contribution in [0, 0.1) is 6.92 Å². The van der Waals surface area contributed by atoms with Crippen LogP contribution in [0.4, 0.5) is 0 Å². The van der Waals surface area contributed by atoms with Gasteiger partial charge in [-0.2, -0.15) is 5.10 Å². The van der Waals surface area contributed by atoms with Crippen LogP contribution in [0.25, 0.3) is 21.3 Å². The molecule has 0 atom stereocenters. The first-order valence-corrected chi connectivity index (χ1v) is 8.98. The topological polar surface area (TPSA) is 63.6 Å². The summed E-state index contributed by atoms with van der Waals surface area (Å²) >= 11 is 7.70. The third kappa shape index (κ3) is 2.77. The van der Waals surface area contributed by atoms with Crippen molar-refractivity contribution >= 4 is 33.2 Å². The van der Waals surface area contributed by atoms with E-state index in [9.17, 15) is 4.79 Å². The van der Waals surface area contributed by atoms with Crippen LogP contribution in [0.5, 0.6) is 0 Å². The van der Waals surface area contributed by atoms with Crippen LogP contribution >= 0.6 is 22.9 Å². The molecule has 0 aliphatic carbocycles. The van der Waals surface area contributed by atoms with Crippen LogP contribution in [-0.2, 0) is 13.5 Å². The first-order valence-electron chi connectivity index (χ1n) is 7.78. The maximum atomic E-state index is 12.8. The van der Waals surface area contributed by atoms with Crippen molar-refractivity contribution in [1.29, 1.82) is 0 Å². The highest BCUT2D eigenvalue weighted by molar-refractivity contribution is 7.19. The summed E-state index contributed by atoms with van der Waals surface area (Å²) in [5, 5.41) is 5.34. The zero-order chi connectivity index (χ0) is 17.6. The molecule has 0 saturated heterocycles. The number of nitrogens with zero attached hydrogens (tertiary/aromatic N) is 3. The Morgan fingerprint density at radius 3 is 2.72 bits per heavy atom. The van der Waals surface area contributed by atoms with E-state index in [4.69, 9.17) is 11.6 Å². The Bertz CT molecular complexity index is 1110. The Balaban J connectivity index is 1.86. The minimum Gasteiger partial charge on any atom is -0.310 e. The van der Waals surface area contributed by atoms with Gasteiger partial charge in [0.25, 0.3) is 5.56 Å².